The second kappa shape index (κ2) is 20.0. The number of hydrogen-bond acceptors (Lipinski definition) is 4. The molecule has 86 heavy (non-hydrogen) atoms. The molecular weight excluding hydrogens is 1060 g/mol. The average Bonchev–Trinajstić information content (AvgIpc) is 1.23. The fourth-order valence-corrected chi connectivity index (χ4v) is 17.9. The number of unbranched alkanes of at least 4 members (excludes halogenated alkanes) is 1. The van der Waals surface area contributed by atoms with E-state index in [0.29, 0.717) is 0 Å². The molecule has 0 unspecified atom stereocenters. The van der Waals surface area contributed by atoms with Crippen LogP contribution in [0.2, 0.25) is 0 Å². The van der Waals surface area contributed by atoms with Crippen molar-refractivity contribution in [2.45, 2.75) is 239 Å². The zero-order chi connectivity index (χ0) is 61.2. The van der Waals surface area contributed by atoms with E-state index in [9.17, 15) is 0 Å². The van der Waals surface area contributed by atoms with Gasteiger partial charge in [0.15, 0.2) is 0 Å². The highest BCUT2D eigenvalue weighted by molar-refractivity contribution is 7.33. The third-order valence-electron chi connectivity index (χ3n) is 22.6. The van der Waals surface area contributed by atoms with Crippen LogP contribution in [-0.2, 0) is 49.7 Å². The van der Waals surface area contributed by atoms with Gasteiger partial charge in [0.2, 0.25) is 0 Å². The summed E-state index contributed by atoms with van der Waals surface area (Å²) in [6.07, 6.45) is 11.6. The normalized spacial score (nSPS) is 19.0. The van der Waals surface area contributed by atoms with Crippen molar-refractivity contribution in [3.8, 4) is 0 Å². The highest BCUT2D eigenvalue weighted by Gasteiger charge is 2.50. The van der Waals surface area contributed by atoms with E-state index in [2.05, 4.69) is 285 Å². The minimum absolute atomic E-state index is 0.000924. The van der Waals surface area contributed by atoms with Gasteiger partial charge in [-0.15, -0.1) is 11.3 Å². The molecule has 446 valence electrons. The Morgan fingerprint density at radius 2 is 1.02 bits per heavy atom. The Hall–Kier alpha value is -6.04. The van der Waals surface area contributed by atoms with Crippen LogP contribution in [0, 0.1) is 0 Å². The molecule has 8 aromatic rings. The SMILES string of the molecule is CCCCC(C)(C)c1ccc(N2c3cc4c(cc3B3c5sc6cc7c(cc6c5N(c5ccc(C(C)(C)C)cc5)c5cc(N(c6ccccc6)c6ccc8c(c6)C(C)(C)CCC8(C)C)cc2c53)C(C)(C)CCC7(C)C)C(C)(C)CCC4(C)C)cc1CC. The molecule has 0 radical (unpaired) electrons. The fraction of sp³-hybridized carbons (Fsp3) is 0.457. The van der Waals surface area contributed by atoms with E-state index in [1.807, 2.05) is 0 Å². The lowest BCUT2D eigenvalue weighted by Gasteiger charge is -2.47. The summed E-state index contributed by atoms with van der Waals surface area (Å²) in [5, 5.41) is 1.38. The third kappa shape index (κ3) is 9.37. The summed E-state index contributed by atoms with van der Waals surface area (Å²) < 4.78 is 2.85. The Kier molecular flexibility index (Phi) is 13.7. The van der Waals surface area contributed by atoms with Gasteiger partial charge in [-0.05, 0) is 235 Å². The van der Waals surface area contributed by atoms with Crippen molar-refractivity contribution in [1.29, 1.82) is 0 Å². The van der Waals surface area contributed by atoms with Crippen LogP contribution in [-0.4, -0.2) is 6.71 Å². The van der Waals surface area contributed by atoms with E-state index in [-0.39, 0.29) is 50.0 Å². The van der Waals surface area contributed by atoms with E-state index in [0.717, 1.165) is 37.1 Å². The van der Waals surface area contributed by atoms with E-state index in [1.54, 1.807) is 0 Å². The van der Waals surface area contributed by atoms with Gasteiger partial charge < -0.3 is 14.7 Å². The van der Waals surface area contributed by atoms with Crippen molar-refractivity contribution in [3.63, 3.8) is 0 Å². The molecular formula is C81H98BN3S. The van der Waals surface area contributed by atoms with Crippen LogP contribution in [0.3, 0.4) is 0 Å². The molecule has 0 amide bonds. The Morgan fingerprint density at radius 3 is 1.60 bits per heavy atom. The maximum atomic E-state index is 2.76. The summed E-state index contributed by atoms with van der Waals surface area (Å²) in [7, 11) is 0. The standard InChI is InChI=1S/C81H98BN3S/c1-20-22-36-75(6,7)59-34-32-55(43-51(59)21-2)84-67-49-64-63(79(14,15)40-41-80(64,16)17)48-66(67)82-71-68(84)45-57(83(53-26-24-23-25-27-53)56-33-35-60-61(44-56)77(10,11)38-37-76(60,8)9)46-69(71)85(54-30-28-52(29-31-54)74(3,4)5)72-58-47-62-65(50-70(58)86-73(72)82)81(18,19)42-39-78(62,12)13/h23-35,43-50H,20-22,36-42H2,1-19H3. The molecule has 2 aliphatic heterocycles. The Balaban J connectivity index is 1.20. The van der Waals surface area contributed by atoms with Gasteiger partial charge in [-0.3, -0.25) is 0 Å². The number of thiophene rings is 1. The molecule has 0 fully saturated rings. The van der Waals surface area contributed by atoms with E-state index >= 15 is 0 Å². The molecule has 5 heteroatoms. The summed E-state index contributed by atoms with van der Waals surface area (Å²) in [5.41, 5.74) is 27.6. The van der Waals surface area contributed by atoms with Crippen LogP contribution in [0.25, 0.3) is 10.1 Å². The first-order valence-electron chi connectivity index (χ1n) is 33.2. The number of para-hydroxylation sites is 1. The summed E-state index contributed by atoms with van der Waals surface area (Å²) in [4.78, 5) is 8.12. The summed E-state index contributed by atoms with van der Waals surface area (Å²) in [6, 6.07) is 52.2. The van der Waals surface area contributed by atoms with Gasteiger partial charge in [-0.25, -0.2) is 0 Å². The fourth-order valence-electron chi connectivity index (χ4n) is 16.5. The molecule has 0 bridgehead atoms. The molecule has 13 rings (SSSR count). The molecule has 5 aliphatic rings. The van der Waals surface area contributed by atoms with Gasteiger partial charge in [0, 0.05) is 54.7 Å². The summed E-state index contributed by atoms with van der Waals surface area (Å²) >= 11 is 2.08. The maximum Gasteiger partial charge on any atom is 0.264 e. The highest BCUT2D eigenvalue weighted by Crippen LogP contribution is 2.57. The zero-order valence-electron chi connectivity index (χ0n) is 56.0. The van der Waals surface area contributed by atoms with Gasteiger partial charge >= 0.3 is 0 Å². The highest BCUT2D eigenvalue weighted by atomic mass is 32.1. The Bertz CT molecular complexity index is 4010. The van der Waals surface area contributed by atoms with E-state index < -0.39 is 0 Å². The van der Waals surface area contributed by atoms with Gasteiger partial charge in [-0.1, -0.05) is 193 Å². The third-order valence-corrected chi connectivity index (χ3v) is 23.8. The number of hydrogen-bond donors (Lipinski definition) is 0. The molecule has 0 spiro atoms. The second-order valence-corrected chi connectivity index (χ2v) is 33.9. The zero-order valence-corrected chi connectivity index (χ0v) is 56.8. The second-order valence-electron chi connectivity index (χ2n) is 32.9. The lowest BCUT2D eigenvalue weighted by Crippen LogP contribution is -2.61. The number of benzene rings is 7. The van der Waals surface area contributed by atoms with Crippen LogP contribution < -0.4 is 30.4 Å². The van der Waals surface area contributed by atoms with Gasteiger partial charge in [0.25, 0.3) is 6.71 Å². The molecule has 0 saturated heterocycles. The predicted molar refractivity (Wildman–Crippen MR) is 377 cm³/mol. The van der Waals surface area contributed by atoms with Crippen molar-refractivity contribution in [1.82, 2.24) is 0 Å². The predicted octanol–water partition coefficient (Wildman–Crippen LogP) is 21.8. The Labute approximate surface area is 523 Å². The monoisotopic (exact) mass is 1160 g/mol. The van der Waals surface area contributed by atoms with Crippen LogP contribution in [0.5, 0.6) is 0 Å². The average molecular weight is 1160 g/mol. The van der Waals surface area contributed by atoms with E-state index in [1.165, 1.54) is 154 Å². The Morgan fingerprint density at radius 1 is 0.488 bits per heavy atom. The lowest BCUT2D eigenvalue weighted by atomic mass is 9.35. The number of fused-ring (bicyclic) bond motifs is 9. The van der Waals surface area contributed by atoms with Crippen molar-refractivity contribution < 1.29 is 0 Å². The summed E-state index contributed by atoms with van der Waals surface area (Å²) in [5.74, 6) is 0. The molecule has 1 aromatic heterocycles. The van der Waals surface area contributed by atoms with Crippen molar-refractivity contribution >= 4 is 95.0 Å². The largest absolute Gasteiger partial charge is 0.311 e. The first-order chi connectivity index (χ1) is 40.4. The van der Waals surface area contributed by atoms with E-state index in [4.69, 9.17) is 0 Å². The quantitative estimate of drug-likeness (QED) is 0.126. The minimum Gasteiger partial charge on any atom is -0.311 e. The van der Waals surface area contributed by atoms with Crippen molar-refractivity contribution in [3.05, 3.63) is 177 Å². The van der Waals surface area contributed by atoms with Gasteiger partial charge in [0.05, 0.1) is 11.4 Å². The molecule has 7 aromatic carbocycles. The maximum absolute atomic E-state index is 2.76. The number of nitrogens with zero attached hydrogens (tertiary/aromatic N) is 3. The first kappa shape index (κ1) is 59.0. The van der Waals surface area contributed by atoms with Crippen LogP contribution in [0.1, 0.15) is 239 Å². The van der Waals surface area contributed by atoms with Crippen molar-refractivity contribution in [2.75, 3.05) is 14.7 Å². The van der Waals surface area contributed by atoms with Gasteiger partial charge in [0.1, 0.15) is 0 Å². The number of anilines is 9. The summed E-state index contributed by atoms with van der Waals surface area (Å²) in [6.45, 7) is 46.7. The topological polar surface area (TPSA) is 9.72 Å². The first-order valence-corrected chi connectivity index (χ1v) is 34.0. The van der Waals surface area contributed by atoms with Crippen molar-refractivity contribution in [2.24, 2.45) is 0 Å². The number of rotatable bonds is 10. The molecule has 3 nitrogen and oxygen atoms in total. The molecule has 3 aliphatic carbocycles. The molecule has 0 saturated carbocycles. The molecule has 0 N–H and O–H groups in total. The minimum atomic E-state index is -0.0168. The van der Waals surface area contributed by atoms with Crippen LogP contribution in [0.4, 0.5) is 51.2 Å². The van der Waals surface area contributed by atoms with Gasteiger partial charge in [-0.2, -0.15) is 0 Å². The molecule has 0 atom stereocenters. The smallest absolute Gasteiger partial charge is 0.264 e. The number of aryl methyl sites for hydroxylation is 1. The van der Waals surface area contributed by atoms with Crippen LogP contribution in [0.15, 0.2) is 127 Å². The lowest BCUT2D eigenvalue weighted by molar-refractivity contribution is 0.332. The molecule has 3 heterocycles. The van der Waals surface area contributed by atoms with Crippen LogP contribution >= 0.6 is 11.3 Å².